The number of hydrogen-bond donors (Lipinski definition) is 1. The summed E-state index contributed by atoms with van der Waals surface area (Å²) in [6.07, 6.45) is 5.70. The lowest BCUT2D eigenvalue weighted by atomic mass is 10.0. The fourth-order valence-corrected chi connectivity index (χ4v) is 2.45. The first-order valence-corrected chi connectivity index (χ1v) is 7.27. The molecule has 0 spiro atoms. The number of carbonyl (C=O) groups is 1. The van der Waals surface area contributed by atoms with Crippen molar-refractivity contribution in [2.24, 2.45) is 0 Å². The number of carbonyl (C=O) groups excluding carboxylic acids is 1. The van der Waals surface area contributed by atoms with Gasteiger partial charge in [0.25, 0.3) is 0 Å². The summed E-state index contributed by atoms with van der Waals surface area (Å²) in [6.45, 7) is 7.25. The maximum Gasteiger partial charge on any atom is 0.242 e. The zero-order valence-electron chi connectivity index (χ0n) is 13.1. The summed E-state index contributed by atoms with van der Waals surface area (Å²) in [5, 5.41) is 4.00. The van der Waals surface area contributed by atoms with Gasteiger partial charge in [-0.1, -0.05) is 13.8 Å². The molecule has 2 heterocycles. The number of aromatic nitrogens is 2. The number of ether oxygens (including phenoxy) is 1. The zero-order chi connectivity index (χ0) is 15.4. The number of amides is 1. The second-order valence-electron chi connectivity index (χ2n) is 5.50. The predicted molar refractivity (Wildman–Crippen MR) is 83.4 cm³/mol. The Morgan fingerprint density at radius 3 is 2.86 bits per heavy atom. The molecule has 0 fully saturated rings. The van der Waals surface area contributed by atoms with Crippen molar-refractivity contribution in [2.75, 3.05) is 20.3 Å². The number of hydrogen-bond acceptors (Lipinski definition) is 3. The molecule has 0 radical (unpaired) electrons. The first kappa shape index (κ1) is 15.5. The monoisotopic (exact) mass is 289 g/mol. The van der Waals surface area contributed by atoms with Crippen LogP contribution in [0.5, 0.6) is 0 Å². The molecule has 0 unspecified atom stereocenters. The molecule has 0 aliphatic heterocycles. The summed E-state index contributed by atoms with van der Waals surface area (Å²) in [5.41, 5.74) is 2.26. The van der Waals surface area contributed by atoms with E-state index in [1.165, 1.54) is 5.56 Å². The standard InChI is InChI=1S/C16H23N3O2/c1-11(2)14-10-19(15-5-6-17-9-13(14)15)12(3)16(20)18-7-8-21-4/h5-6,9-12H,7-8H2,1-4H3,(H,18,20)/t12-/m1/s1. The lowest BCUT2D eigenvalue weighted by Gasteiger charge is -2.15. The van der Waals surface area contributed by atoms with Crippen LogP contribution in [0.1, 0.15) is 38.3 Å². The lowest BCUT2D eigenvalue weighted by molar-refractivity contribution is -0.123. The molecule has 0 saturated heterocycles. The fraction of sp³-hybridized carbons (Fsp3) is 0.500. The number of nitrogens with one attached hydrogen (secondary N) is 1. The first-order chi connectivity index (χ1) is 10.1. The molecule has 2 aromatic heterocycles. The third-order valence-electron chi connectivity index (χ3n) is 3.69. The number of fused-ring (bicyclic) bond motifs is 1. The molecule has 0 saturated carbocycles. The Morgan fingerprint density at radius 2 is 2.19 bits per heavy atom. The van der Waals surface area contributed by atoms with E-state index in [4.69, 9.17) is 4.74 Å². The van der Waals surface area contributed by atoms with Gasteiger partial charge in [-0.2, -0.15) is 0 Å². The van der Waals surface area contributed by atoms with Crippen molar-refractivity contribution in [3.63, 3.8) is 0 Å². The Bertz CT molecular complexity index is 619. The van der Waals surface area contributed by atoms with Crippen LogP contribution in [0, 0.1) is 0 Å². The summed E-state index contributed by atoms with van der Waals surface area (Å²) in [6, 6.07) is 1.69. The quantitative estimate of drug-likeness (QED) is 0.831. The Hall–Kier alpha value is -1.88. The highest BCUT2D eigenvalue weighted by molar-refractivity contribution is 5.87. The molecular formula is C16H23N3O2. The van der Waals surface area contributed by atoms with E-state index in [0.29, 0.717) is 19.1 Å². The highest BCUT2D eigenvalue weighted by Gasteiger charge is 2.19. The van der Waals surface area contributed by atoms with Gasteiger partial charge in [0.15, 0.2) is 0 Å². The zero-order valence-corrected chi connectivity index (χ0v) is 13.1. The van der Waals surface area contributed by atoms with Crippen molar-refractivity contribution >= 4 is 16.8 Å². The highest BCUT2D eigenvalue weighted by Crippen LogP contribution is 2.29. The van der Waals surface area contributed by atoms with Gasteiger partial charge >= 0.3 is 0 Å². The molecule has 114 valence electrons. The van der Waals surface area contributed by atoms with Crippen molar-refractivity contribution < 1.29 is 9.53 Å². The van der Waals surface area contributed by atoms with Gasteiger partial charge in [0.1, 0.15) is 6.04 Å². The lowest BCUT2D eigenvalue weighted by Crippen LogP contribution is -2.33. The van der Waals surface area contributed by atoms with E-state index in [2.05, 4.69) is 30.3 Å². The van der Waals surface area contributed by atoms with Crippen molar-refractivity contribution in [1.29, 1.82) is 0 Å². The minimum absolute atomic E-state index is 0.00364. The van der Waals surface area contributed by atoms with Crippen LogP contribution >= 0.6 is 0 Å². The number of nitrogens with zero attached hydrogens (tertiary/aromatic N) is 2. The molecule has 0 aliphatic carbocycles. The first-order valence-electron chi connectivity index (χ1n) is 7.27. The van der Waals surface area contributed by atoms with E-state index in [-0.39, 0.29) is 11.9 Å². The van der Waals surface area contributed by atoms with Crippen LogP contribution < -0.4 is 5.32 Å². The van der Waals surface area contributed by atoms with Gasteiger partial charge in [-0.15, -0.1) is 0 Å². The Balaban J connectivity index is 2.31. The molecule has 1 atom stereocenters. The summed E-state index contributed by atoms with van der Waals surface area (Å²) < 4.78 is 6.98. The molecule has 2 rings (SSSR count). The molecule has 5 nitrogen and oxygen atoms in total. The van der Waals surface area contributed by atoms with E-state index in [0.717, 1.165) is 10.9 Å². The van der Waals surface area contributed by atoms with E-state index in [1.807, 2.05) is 23.8 Å². The van der Waals surface area contributed by atoms with Crippen LogP contribution in [0.15, 0.2) is 24.7 Å². The molecule has 0 aromatic carbocycles. The Kier molecular flexibility index (Phi) is 4.96. The summed E-state index contributed by atoms with van der Waals surface area (Å²) >= 11 is 0. The van der Waals surface area contributed by atoms with Crippen molar-refractivity contribution in [2.45, 2.75) is 32.7 Å². The van der Waals surface area contributed by atoms with Crippen molar-refractivity contribution in [1.82, 2.24) is 14.9 Å². The largest absolute Gasteiger partial charge is 0.383 e. The number of methoxy groups -OCH3 is 1. The van der Waals surface area contributed by atoms with Gasteiger partial charge in [0.2, 0.25) is 5.91 Å². The number of rotatable bonds is 6. The third kappa shape index (κ3) is 3.24. The van der Waals surface area contributed by atoms with E-state index in [9.17, 15) is 4.79 Å². The molecule has 0 bridgehead atoms. The normalized spacial score (nSPS) is 12.8. The van der Waals surface area contributed by atoms with Crippen molar-refractivity contribution in [3.05, 3.63) is 30.2 Å². The molecule has 21 heavy (non-hydrogen) atoms. The predicted octanol–water partition coefficient (Wildman–Crippen LogP) is 2.48. The maximum absolute atomic E-state index is 12.2. The molecule has 2 aromatic rings. The number of pyridine rings is 1. The van der Waals surface area contributed by atoms with E-state index < -0.39 is 0 Å². The van der Waals surface area contributed by atoms with Crippen LogP contribution in [0.4, 0.5) is 0 Å². The molecular weight excluding hydrogens is 266 g/mol. The second kappa shape index (κ2) is 6.72. The Morgan fingerprint density at radius 1 is 1.43 bits per heavy atom. The van der Waals surface area contributed by atoms with Crippen LogP contribution in [0.25, 0.3) is 10.9 Å². The fourth-order valence-electron chi connectivity index (χ4n) is 2.45. The molecule has 1 amide bonds. The van der Waals surface area contributed by atoms with Crippen molar-refractivity contribution in [3.8, 4) is 0 Å². The van der Waals surface area contributed by atoms with Crippen LogP contribution in [0.3, 0.4) is 0 Å². The van der Waals surface area contributed by atoms with E-state index in [1.54, 1.807) is 13.3 Å². The molecule has 5 heteroatoms. The minimum Gasteiger partial charge on any atom is -0.383 e. The average molecular weight is 289 g/mol. The third-order valence-corrected chi connectivity index (χ3v) is 3.69. The smallest absolute Gasteiger partial charge is 0.242 e. The summed E-state index contributed by atoms with van der Waals surface area (Å²) in [5.74, 6) is 0.387. The highest BCUT2D eigenvalue weighted by atomic mass is 16.5. The SMILES string of the molecule is COCCNC(=O)[C@@H](C)n1cc(C(C)C)c2cnccc21. The van der Waals surface area contributed by atoms with Gasteiger partial charge in [-0.3, -0.25) is 9.78 Å². The van der Waals surface area contributed by atoms with Crippen LogP contribution in [-0.4, -0.2) is 35.7 Å². The van der Waals surface area contributed by atoms with Gasteiger partial charge in [0, 0.05) is 37.6 Å². The average Bonchev–Trinajstić information content (AvgIpc) is 2.86. The topological polar surface area (TPSA) is 56.1 Å². The van der Waals surface area contributed by atoms with Gasteiger partial charge < -0.3 is 14.6 Å². The second-order valence-corrected chi connectivity index (χ2v) is 5.50. The van der Waals surface area contributed by atoms with E-state index >= 15 is 0 Å². The minimum atomic E-state index is -0.265. The Labute approximate surface area is 125 Å². The van der Waals surface area contributed by atoms with Gasteiger partial charge in [0.05, 0.1) is 12.1 Å². The van der Waals surface area contributed by atoms with Gasteiger partial charge in [-0.25, -0.2) is 0 Å². The van der Waals surface area contributed by atoms with Crippen LogP contribution in [0.2, 0.25) is 0 Å². The molecule has 1 N–H and O–H groups in total. The maximum atomic E-state index is 12.2. The van der Waals surface area contributed by atoms with Crippen LogP contribution in [-0.2, 0) is 9.53 Å². The summed E-state index contributed by atoms with van der Waals surface area (Å²) in [7, 11) is 1.62. The summed E-state index contributed by atoms with van der Waals surface area (Å²) in [4.78, 5) is 16.4. The van der Waals surface area contributed by atoms with Gasteiger partial charge in [-0.05, 0) is 24.5 Å². The molecule has 0 aliphatic rings.